The summed E-state index contributed by atoms with van der Waals surface area (Å²) in [6, 6.07) is 9.45. The van der Waals surface area contributed by atoms with Crippen molar-refractivity contribution in [2.24, 2.45) is 5.73 Å². The topological polar surface area (TPSA) is 55.1 Å². The zero-order valence-electron chi connectivity index (χ0n) is 9.23. The van der Waals surface area contributed by atoms with Crippen molar-refractivity contribution in [2.75, 3.05) is 0 Å². The van der Waals surface area contributed by atoms with Gasteiger partial charge >= 0.3 is 0 Å². The Morgan fingerprint density at radius 1 is 1.40 bits per heavy atom. The normalized spacial score (nSPS) is 14.3. The molecule has 2 atom stereocenters. The number of benzene rings is 1. The van der Waals surface area contributed by atoms with Gasteiger partial charge in [-0.05, 0) is 18.9 Å². The van der Waals surface area contributed by atoms with Gasteiger partial charge in [-0.1, -0.05) is 37.3 Å². The molecule has 0 fully saturated rings. The maximum atomic E-state index is 11.5. The van der Waals surface area contributed by atoms with Crippen LogP contribution in [0.25, 0.3) is 0 Å². The summed E-state index contributed by atoms with van der Waals surface area (Å²) in [5.41, 5.74) is 6.72. The van der Waals surface area contributed by atoms with Crippen LogP contribution in [-0.2, 0) is 4.79 Å². The van der Waals surface area contributed by atoms with Gasteiger partial charge in [-0.2, -0.15) is 0 Å². The summed E-state index contributed by atoms with van der Waals surface area (Å²) in [4.78, 5) is 11.5. The molecule has 0 saturated heterocycles. The highest BCUT2D eigenvalue weighted by atomic mass is 16.2. The monoisotopic (exact) mass is 206 g/mol. The first-order valence-electron chi connectivity index (χ1n) is 5.26. The van der Waals surface area contributed by atoms with Crippen molar-refractivity contribution in [3.05, 3.63) is 35.9 Å². The number of amides is 1. The zero-order valence-corrected chi connectivity index (χ0v) is 9.23. The van der Waals surface area contributed by atoms with E-state index in [4.69, 9.17) is 5.73 Å². The number of nitrogens with two attached hydrogens (primary N) is 1. The fraction of sp³-hybridized carbons (Fsp3) is 0.417. The summed E-state index contributed by atoms with van der Waals surface area (Å²) in [5, 5.41) is 2.88. The molecule has 1 amide bonds. The highest BCUT2D eigenvalue weighted by Crippen LogP contribution is 2.11. The first-order chi connectivity index (χ1) is 7.15. The van der Waals surface area contributed by atoms with Crippen LogP contribution in [0, 0.1) is 0 Å². The first kappa shape index (κ1) is 11.7. The molecule has 0 saturated carbocycles. The van der Waals surface area contributed by atoms with Crippen LogP contribution in [0.3, 0.4) is 0 Å². The molecular formula is C12H18N2O. The number of carbonyl (C=O) groups excluding carboxylic acids is 1. The van der Waals surface area contributed by atoms with Gasteiger partial charge in [0.1, 0.15) is 0 Å². The fourth-order valence-corrected chi connectivity index (χ4v) is 1.33. The molecule has 0 aromatic heterocycles. The Morgan fingerprint density at radius 2 is 2.00 bits per heavy atom. The van der Waals surface area contributed by atoms with Gasteiger partial charge in [-0.25, -0.2) is 0 Å². The van der Waals surface area contributed by atoms with Crippen molar-refractivity contribution in [3.8, 4) is 0 Å². The summed E-state index contributed by atoms with van der Waals surface area (Å²) >= 11 is 0. The molecule has 1 aromatic rings. The van der Waals surface area contributed by atoms with Gasteiger partial charge in [-0.3, -0.25) is 4.79 Å². The van der Waals surface area contributed by atoms with E-state index in [9.17, 15) is 4.79 Å². The molecule has 1 aromatic carbocycles. The minimum absolute atomic E-state index is 0.0105. The molecule has 0 aliphatic rings. The van der Waals surface area contributed by atoms with Crippen molar-refractivity contribution in [1.82, 2.24) is 5.32 Å². The standard InChI is InChI=1S/C12H18N2O/c1-3-11(13)12(15)14-9(2)10-7-5-4-6-8-10/h4-9,11H,3,13H2,1-2H3,(H,14,15)/t9-,11?/m1/s1. The minimum Gasteiger partial charge on any atom is -0.348 e. The van der Waals surface area contributed by atoms with E-state index in [1.807, 2.05) is 44.2 Å². The Morgan fingerprint density at radius 3 is 2.53 bits per heavy atom. The third-order valence-electron chi connectivity index (χ3n) is 2.43. The average molecular weight is 206 g/mol. The van der Waals surface area contributed by atoms with Crippen molar-refractivity contribution in [2.45, 2.75) is 32.4 Å². The van der Waals surface area contributed by atoms with Crippen molar-refractivity contribution in [1.29, 1.82) is 0 Å². The van der Waals surface area contributed by atoms with E-state index >= 15 is 0 Å². The highest BCUT2D eigenvalue weighted by molar-refractivity contribution is 5.81. The summed E-state index contributed by atoms with van der Waals surface area (Å²) in [5.74, 6) is -0.0890. The number of hydrogen-bond acceptors (Lipinski definition) is 2. The van der Waals surface area contributed by atoms with Gasteiger partial charge in [0.05, 0.1) is 12.1 Å². The van der Waals surface area contributed by atoms with Crippen LogP contribution >= 0.6 is 0 Å². The van der Waals surface area contributed by atoms with Crippen molar-refractivity contribution < 1.29 is 4.79 Å². The molecule has 0 heterocycles. The molecule has 3 heteroatoms. The summed E-state index contributed by atoms with van der Waals surface area (Å²) in [7, 11) is 0. The summed E-state index contributed by atoms with van der Waals surface area (Å²) in [6.45, 7) is 3.85. The summed E-state index contributed by atoms with van der Waals surface area (Å²) in [6.07, 6.45) is 0.660. The largest absolute Gasteiger partial charge is 0.348 e. The highest BCUT2D eigenvalue weighted by Gasteiger charge is 2.14. The second kappa shape index (κ2) is 5.51. The second-order valence-electron chi connectivity index (χ2n) is 3.66. The lowest BCUT2D eigenvalue weighted by molar-refractivity contribution is -0.123. The van der Waals surface area contributed by atoms with E-state index in [1.54, 1.807) is 0 Å². The van der Waals surface area contributed by atoms with Crippen LogP contribution in [0.4, 0.5) is 0 Å². The van der Waals surface area contributed by atoms with Crippen molar-refractivity contribution >= 4 is 5.91 Å². The molecule has 0 radical (unpaired) electrons. The van der Waals surface area contributed by atoms with Gasteiger partial charge in [0.15, 0.2) is 0 Å². The number of nitrogens with one attached hydrogen (secondary N) is 1. The average Bonchev–Trinajstić information content (AvgIpc) is 2.29. The Hall–Kier alpha value is -1.35. The Kier molecular flexibility index (Phi) is 4.31. The first-order valence-corrected chi connectivity index (χ1v) is 5.26. The number of carbonyl (C=O) groups is 1. The molecule has 0 spiro atoms. The third kappa shape index (κ3) is 3.36. The van der Waals surface area contributed by atoms with Crippen LogP contribution in [0.5, 0.6) is 0 Å². The maximum Gasteiger partial charge on any atom is 0.237 e. The predicted molar refractivity (Wildman–Crippen MR) is 61.3 cm³/mol. The van der Waals surface area contributed by atoms with E-state index in [1.165, 1.54) is 0 Å². The van der Waals surface area contributed by atoms with E-state index in [0.29, 0.717) is 6.42 Å². The number of rotatable bonds is 4. The summed E-state index contributed by atoms with van der Waals surface area (Å²) < 4.78 is 0. The smallest absolute Gasteiger partial charge is 0.237 e. The lowest BCUT2D eigenvalue weighted by Gasteiger charge is -2.16. The van der Waals surface area contributed by atoms with Gasteiger partial charge < -0.3 is 11.1 Å². The van der Waals surface area contributed by atoms with E-state index in [2.05, 4.69) is 5.32 Å². The van der Waals surface area contributed by atoms with E-state index in [-0.39, 0.29) is 11.9 Å². The predicted octanol–water partition coefficient (Wildman–Crippen LogP) is 1.60. The molecule has 15 heavy (non-hydrogen) atoms. The molecule has 3 nitrogen and oxygen atoms in total. The molecule has 82 valence electrons. The number of hydrogen-bond donors (Lipinski definition) is 2. The molecule has 1 rings (SSSR count). The molecule has 1 unspecified atom stereocenters. The van der Waals surface area contributed by atoms with Gasteiger partial charge in [0.2, 0.25) is 5.91 Å². The Bertz CT molecular complexity index is 311. The van der Waals surface area contributed by atoms with Crippen LogP contribution in [-0.4, -0.2) is 11.9 Å². The Labute approximate surface area is 90.7 Å². The molecule has 0 aliphatic heterocycles. The minimum atomic E-state index is -0.406. The lowest BCUT2D eigenvalue weighted by Crippen LogP contribution is -2.41. The zero-order chi connectivity index (χ0) is 11.3. The van der Waals surface area contributed by atoms with Crippen LogP contribution in [0.15, 0.2) is 30.3 Å². The van der Waals surface area contributed by atoms with Crippen LogP contribution in [0.2, 0.25) is 0 Å². The van der Waals surface area contributed by atoms with Gasteiger partial charge in [0.25, 0.3) is 0 Å². The van der Waals surface area contributed by atoms with Gasteiger partial charge in [-0.15, -0.1) is 0 Å². The van der Waals surface area contributed by atoms with Gasteiger partial charge in [0, 0.05) is 0 Å². The second-order valence-corrected chi connectivity index (χ2v) is 3.66. The molecular weight excluding hydrogens is 188 g/mol. The van der Waals surface area contributed by atoms with E-state index < -0.39 is 6.04 Å². The van der Waals surface area contributed by atoms with E-state index in [0.717, 1.165) is 5.56 Å². The third-order valence-corrected chi connectivity index (χ3v) is 2.43. The van der Waals surface area contributed by atoms with Crippen LogP contribution < -0.4 is 11.1 Å². The van der Waals surface area contributed by atoms with Crippen LogP contribution in [0.1, 0.15) is 31.9 Å². The Balaban J connectivity index is 2.56. The fourth-order valence-electron chi connectivity index (χ4n) is 1.33. The van der Waals surface area contributed by atoms with Crippen molar-refractivity contribution in [3.63, 3.8) is 0 Å². The maximum absolute atomic E-state index is 11.5. The SMILES string of the molecule is CCC(N)C(=O)N[C@H](C)c1ccccc1. The quantitative estimate of drug-likeness (QED) is 0.786. The molecule has 0 bridgehead atoms. The molecule has 3 N–H and O–H groups in total. The lowest BCUT2D eigenvalue weighted by atomic mass is 10.1. The molecule has 0 aliphatic carbocycles.